The molecule has 0 saturated heterocycles. The van der Waals surface area contributed by atoms with Crippen LogP contribution in [0.25, 0.3) is 0 Å². The minimum Gasteiger partial charge on any atom is -0.370 e. The molecular formula is C14H20N2O. The largest absolute Gasteiger partial charge is 0.370 e. The van der Waals surface area contributed by atoms with Gasteiger partial charge < -0.3 is 11.1 Å². The van der Waals surface area contributed by atoms with Crippen molar-refractivity contribution in [2.24, 2.45) is 5.73 Å². The zero-order valence-corrected chi connectivity index (χ0v) is 10.3. The predicted octanol–water partition coefficient (Wildman–Crippen LogP) is 1.92. The summed E-state index contributed by atoms with van der Waals surface area (Å²) in [5, 5.41) is 3.29. The Hall–Kier alpha value is -1.35. The van der Waals surface area contributed by atoms with Crippen molar-refractivity contribution in [2.75, 3.05) is 0 Å². The molecule has 1 amide bonds. The van der Waals surface area contributed by atoms with Crippen LogP contribution in [0.2, 0.25) is 0 Å². The van der Waals surface area contributed by atoms with Gasteiger partial charge in [0, 0.05) is 19.0 Å². The SMILES string of the molecule is CC(CC(N)=O)NCc1ccc(C2CC2)cc1. The molecule has 3 heteroatoms. The molecule has 1 saturated carbocycles. The van der Waals surface area contributed by atoms with Crippen LogP contribution in [0.5, 0.6) is 0 Å². The van der Waals surface area contributed by atoms with Crippen molar-refractivity contribution in [2.45, 2.75) is 44.7 Å². The number of nitrogens with one attached hydrogen (secondary N) is 1. The van der Waals surface area contributed by atoms with Crippen LogP contribution in [0.15, 0.2) is 24.3 Å². The molecule has 3 N–H and O–H groups in total. The van der Waals surface area contributed by atoms with E-state index in [-0.39, 0.29) is 11.9 Å². The Balaban J connectivity index is 1.80. The first-order chi connectivity index (χ1) is 8.15. The van der Waals surface area contributed by atoms with Gasteiger partial charge in [0.2, 0.25) is 5.91 Å². The summed E-state index contributed by atoms with van der Waals surface area (Å²) in [6.07, 6.45) is 3.07. The van der Waals surface area contributed by atoms with Gasteiger partial charge in [-0.25, -0.2) is 0 Å². The summed E-state index contributed by atoms with van der Waals surface area (Å²) >= 11 is 0. The van der Waals surface area contributed by atoms with E-state index < -0.39 is 0 Å². The molecule has 1 aliphatic carbocycles. The van der Waals surface area contributed by atoms with Gasteiger partial charge in [-0.15, -0.1) is 0 Å². The molecule has 17 heavy (non-hydrogen) atoms. The zero-order valence-electron chi connectivity index (χ0n) is 10.3. The van der Waals surface area contributed by atoms with E-state index >= 15 is 0 Å². The molecule has 1 atom stereocenters. The normalized spacial score (nSPS) is 16.8. The molecular weight excluding hydrogens is 212 g/mol. The van der Waals surface area contributed by atoms with Crippen LogP contribution >= 0.6 is 0 Å². The van der Waals surface area contributed by atoms with Crippen LogP contribution < -0.4 is 11.1 Å². The number of benzene rings is 1. The van der Waals surface area contributed by atoms with Gasteiger partial charge in [-0.3, -0.25) is 4.79 Å². The molecule has 0 aromatic heterocycles. The molecule has 0 spiro atoms. The fourth-order valence-corrected chi connectivity index (χ4v) is 1.99. The first-order valence-corrected chi connectivity index (χ1v) is 6.25. The average molecular weight is 232 g/mol. The molecule has 0 aliphatic heterocycles. The second-order valence-electron chi connectivity index (χ2n) is 4.97. The second-order valence-corrected chi connectivity index (χ2v) is 4.97. The molecule has 1 unspecified atom stereocenters. The first kappa shape index (κ1) is 12.1. The van der Waals surface area contributed by atoms with Crippen molar-refractivity contribution < 1.29 is 4.79 Å². The van der Waals surface area contributed by atoms with Crippen LogP contribution in [-0.4, -0.2) is 11.9 Å². The minimum absolute atomic E-state index is 0.135. The van der Waals surface area contributed by atoms with E-state index in [9.17, 15) is 4.79 Å². The maximum Gasteiger partial charge on any atom is 0.218 e. The topological polar surface area (TPSA) is 55.1 Å². The lowest BCUT2D eigenvalue weighted by Crippen LogP contribution is -2.30. The third-order valence-corrected chi connectivity index (χ3v) is 3.19. The summed E-state index contributed by atoms with van der Waals surface area (Å²) in [5.41, 5.74) is 7.86. The van der Waals surface area contributed by atoms with E-state index in [2.05, 4.69) is 29.6 Å². The molecule has 1 aliphatic rings. The number of nitrogens with two attached hydrogens (primary N) is 1. The molecule has 2 rings (SSSR count). The Morgan fingerprint density at radius 3 is 2.59 bits per heavy atom. The van der Waals surface area contributed by atoms with Crippen molar-refractivity contribution in [3.8, 4) is 0 Å². The fourth-order valence-electron chi connectivity index (χ4n) is 1.99. The van der Waals surface area contributed by atoms with Crippen molar-refractivity contribution in [3.05, 3.63) is 35.4 Å². The van der Waals surface area contributed by atoms with Crippen molar-refractivity contribution in [3.63, 3.8) is 0 Å². The summed E-state index contributed by atoms with van der Waals surface area (Å²) in [6, 6.07) is 8.89. The molecule has 92 valence electrons. The van der Waals surface area contributed by atoms with E-state index in [1.165, 1.54) is 24.0 Å². The lowest BCUT2D eigenvalue weighted by molar-refractivity contribution is -0.118. The Morgan fingerprint density at radius 1 is 1.41 bits per heavy atom. The van der Waals surface area contributed by atoms with Gasteiger partial charge in [0.05, 0.1) is 0 Å². The van der Waals surface area contributed by atoms with Gasteiger partial charge in [0.1, 0.15) is 0 Å². The molecule has 0 heterocycles. The predicted molar refractivity (Wildman–Crippen MR) is 68.5 cm³/mol. The fraction of sp³-hybridized carbons (Fsp3) is 0.500. The third kappa shape index (κ3) is 3.86. The summed E-state index contributed by atoms with van der Waals surface area (Å²) in [7, 11) is 0. The van der Waals surface area contributed by atoms with E-state index in [1.807, 2.05) is 6.92 Å². The van der Waals surface area contributed by atoms with Gasteiger partial charge in [0.25, 0.3) is 0 Å². The summed E-state index contributed by atoms with van der Waals surface area (Å²) < 4.78 is 0. The summed E-state index contributed by atoms with van der Waals surface area (Å²) in [6.45, 7) is 2.77. The number of rotatable bonds is 6. The number of carbonyl (C=O) groups excluding carboxylic acids is 1. The van der Waals surface area contributed by atoms with Crippen LogP contribution in [0.1, 0.15) is 43.2 Å². The third-order valence-electron chi connectivity index (χ3n) is 3.19. The maximum absolute atomic E-state index is 10.7. The summed E-state index contributed by atoms with van der Waals surface area (Å²) in [4.78, 5) is 10.7. The highest BCUT2D eigenvalue weighted by Crippen LogP contribution is 2.39. The Labute approximate surface area is 102 Å². The van der Waals surface area contributed by atoms with Crippen molar-refractivity contribution >= 4 is 5.91 Å². The van der Waals surface area contributed by atoms with Crippen LogP contribution in [0.4, 0.5) is 0 Å². The number of hydrogen-bond acceptors (Lipinski definition) is 2. The molecule has 1 aromatic carbocycles. The van der Waals surface area contributed by atoms with Crippen molar-refractivity contribution in [1.82, 2.24) is 5.32 Å². The van der Waals surface area contributed by atoms with E-state index in [0.717, 1.165) is 12.5 Å². The molecule has 0 bridgehead atoms. The first-order valence-electron chi connectivity index (χ1n) is 6.25. The van der Waals surface area contributed by atoms with Crippen LogP contribution in [0, 0.1) is 0 Å². The lowest BCUT2D eigenvalue weighted by Gasteiger charge is -2.12. The Morgan fingerprint density at radius 2 is 2.06 bits per heavy atom. The Bertz CT molecular complexity index is 382. The van der Waals surface area contributed by atoms with Crippen LogP contribution in [-0.2, 0) is 11.3 Å². The monoisotopic (exact) mass is 232 g/mol. The maximum atomic E-state index is 10.7. The number of hydrogen-bond donors (Lipinski definition) is 2. The second kappa shape index (κ2) is 5.32. The number of amides is 1. The van der Waals surface area contributed by atoms with Crippen LogP contribution in [0.3, 0.4) is 0 Å². The lowest BCUT2D eigenvalue weighted by atomic mass is 10.1. The summed E-state index contributed by atoms with van der Waals surface area (Å²) in [5.74, 6) is 0.555. The number of carbonyl (C=O) groups is 1. The minimum atomic E-state index is -0.255. The van der Waals surface area contributed by atoms with E-state index in [1.54, 1.807) is 0 Å². The highest BCUT2D eigenvalue weighted by molar-refractivity contribution is 5.74. The van der Waals surface area contributed by atoms with Gasteiger partial charge in [-0.1, -0.05) is 24.3 Å². The zero-order chi connectivity index (χ0) is 12.3. The smallest absolute Gasteiger partial charge is 0.218 e. The van der Waals surface area contributed by atoms with E-state index in [0.29, 0.717) is 6.42 Å². The quantitative estimate of drug-likeness (QED) is 0.787. The molecule has 3 nitrogen and oxygen atoms in total. The molecule has 1 fully saturated rings. The number of primary amides is 1. The van der Waals surface area contributed by atoms with Gasteiger partial charge in [-0.05, 0) is 36.8 Å². The Kier molecular flexibility index (Phi) is 3.79. The highest BCUT2D eigenvalue weighted by Gasteiger charge is 2.22. The standard InChI is InChI=1S/C14H20N2O/c1-10(8-14(15)17)16-9-11-2-4-12(5-3-11)13-6-7-13/h2-5,10,13,16H,6-9H2,1H3,(H2,15,17). The van der Waals surface area contributed by atoms with Gasteiger partial charge in [0.15, 0.2) is 0 Å². The highest BCUT2D eigenvalue weighted by atomic mass is 16.1. The molecule has 1 aromatic rings. The van der Waals surface area contributed by atoms with E-state index in [4.69, 9.17) is 5.73 Å². The van der Waals surface area contributed by atoms with Gasteiger partial charge in [-0.2, -0.15) is 0 Å². The average Bonchev–Trinajstić information content (AvgIpc) is 3.10. The molecule has 0 radical (unpaired) electrons. The van der Waals surface area contributed by atoms with Gasteiger partial charge >= 0.3 is 0 Å². The van der Waals surface area contributed by atoms with Crippen molar-refractivity contribution in [1.29, 1.82) is 0 Å².